The second kappa shape index (κ2) is 6.32. The topological polar surface area (TPSA) is 63.6 Å². The van der Waals surface area contributed by atoms with Gasteiger partial charge >= 0.3 is 6.09 Å². The first-order valence-electron chi connectivity index (χ1n) is 7.26. The van der Waals surface area contributed by atoms with Crippen LogP contribution in [0.2, 0.25) is 0 Å². The second-order valence-corrected chi connectivity index (χ2v) is 7.45. The number of pyridine rings is 1. The number of carbonyl (C=O) groups is 1. The summed E-state index contributed by atoms with van der Waals surface area (Å²) < 4.78 is 7.67. The van der Waals surface area contributed by atoms with Gasteiger partial charge in [0.25, 0.3) is 5.56 Å². The van der Waals surface area contributed by atoms with E-state index in [2.05, 4.69) is 21.2 Å². The van der Waals surface area contributed by atoms with E-state index in [1.54, 1.807) is 17.8 Å². The van der Waals surface area contributed by atoms with E-state index in [1.165, 1.54) is 0 Å². The van der Waals surface area contributed by atoms with Crippen LogP contribution in [-0.4, -0.2) is 35.4 Å². The van der Waals surface area contributed by atoms with Crippen molar-refractivity contribution < 1.29 is 9.53 Å². The van der Waals surface area contributed by atoms with E-state index in [9.17, 15) is 9.59 Å². The summed E-state index contributed by atoms with van der Waals surface area (Å²) in [6.07, 6.45) is 2.11. The van der Waals surface area contributed by atoms with E-state index in [-0.39, 0.29) is 11.6 Å². The van der Waals surface area contributed by atoms with E-state index in [4.69, 9.17) is 4.74 Å². The molecule has 1 aromatic rings. The van der Waals surface area contributed by atoms with E-state index in [0.717, 1.165) is 17.4 Å². The standard InChI is InChI=1S/C15H22BrN3O3/c1-15(2,3)22-14(21)17-11-5-6-19(9-11)12-7-10(16)8-18(4)13(12)20/h7-8,11H,5-6,9H2,1-4H3,(H,17,21)/t11-/m0/s1. The Morgan fingerprint density at radius 3 is 2.77 bits per heavy atom. The molecule has 122 valence electrons. The second-order valence-electron chi connectivity index (χ2n) is 6.54. The maximum Gasteiger partial charge on any atom is 0.407 e. The monoisotopic (exact) mass is 371 g/mol. The van der Waals surface area contributed by atoms with Gasteiger partial charge in [-0.15, -0.1) is 0 Å². The van der Waals surface area contributed by atoms with E-state index in [0.29, 0.717) is 12.2 Å². The number of carbonyl (C=O) groups excluding carboxylic acids is 1. The van der Waals surface area contributed by atoms with E-state index < -0.39 is 11.7 Å². The first kappa shape index (κ1) is 16.9. The van der Waals surface area contributed by atoms with Crippen LogP contribution in [-0.2, 0) is 11.8 Å². The molecular weight excluding hydrogens is 350 g/mol. The molecule has 0 radical (unpaired) electrons. The Balaban J connectivity index is 2.02. The average Bonchev–Trinajstić information content (AvgIpc) is 2.79. The van der Waals surface area contributed by atoms with Crippen LogP contribution in [0.15, 0.2) is 21.5 Å². The Morgan fingerprint density at radius 2 is 2.14 bits per heavy atom. The van der Waals surface area contributed by atoms with Gasteiger partial charge in [0.05, 0.1) is 6.04 Å². The van der Waals surface area contributed by atoms with Crippen molar-refractivity contribution in [3.63, 3.8) is 0 Å². The molecule has 1 saturated heterocycles. The molecule has 1 N–H and O–H groups in total. The number of alkyl carbamates (subject to hydrolysis) is 1. The zero-order valence-corrected chi connectivity index (χ0v) is 14.9. The maximum atomic E-state index is 12.2. The van der Waals surface area contributed by atoms with Gasteiger partial charge in [-0.1, -0.05) is 0 Å². The van der Waals surface area contributed by atoms with Gasteiger partial charge in [0.1, 0.15) is 11.3 Å². The van der Waals surface area contributed by atoms with Crippen molar-refractivity contribution in [3.8, 4) is 0 Å². The number of aromatic nitrogens is 1. The van der Waals surface area contributed by atoms with Crippen molar-refractivity contribution in [2.75, 3.05) is 18.0 Å². The molecule has 1 amide bonds. The highest BCUT2D eigenvalue weighted by Gasteiger charge is 2.27. The molecule has 2 heterocycles. The predicted octanol–water partition coefficient (Wildman–Crippen LogP) is 2.25. The summed E-state index contributed by atoms with van der Waals surface area (Å²) in [6.45, 7) is 6.83. The molecular formula is C15H22BrN3O3. The lowest BCUT2D eigenvalue weighted by molar-refractivity contribution is 0.0509. The summed E-state index contributed by atoms with van der Waals surface area (Å²) in [5.74, 6) is 0. The molecule has 7 heteroatoms. The van der Waals surface area contributed by atoms with Crippen molar-refractivity contribution in [1.82, 2.24) is 9.88 Å². The molecule has 2 rings (SSSR count). The van der Waals surface area contributed by atoms with Crippen molar-refractivity contribution in [1.29, 1.82) is 0 Å². The fourth-order valence-corrected chi connectivity index (χ4v) is 2.98. The number of anilines is 1. The van der Waals surface area contributed by atoms with Crippen LogP contribution in [0, 0.1) is 0 Å². The molecule has 1 aliphatic rings. The summed E-state index contributed by atoms with van der Waals surface area (Å²) >= 11 is 3.41. The number of rotatable bonds is 2. The zero-order valence-electron chi connectivity index (χ0n) is 13.4. The first-order chi connectivity index (χ1) is 10.2. The summed E-state index contributed by atoms with van der Waals surface area (Å²) in [4.78, 5) is 26.0. The number of aryl methyl sites for hydroxylation is 1. The number of nitrogens with one attached hydrogen (secondary N) is 1. The van der Waals surface area contributed by atoms with Gasteiger partial charge in [-0.05, 0) is 49.2 Å². The Kier molecular flexibility index (Phi) is 4.84. The molecule has 0 aromatic carbocycles. The molecule has 1 aromatic heterocycles. The van der Waals surface area contributed by atoms with Crippen LogP contribution in [0.1, 0.15) is 27.2 Å². The third-order valence-electron chi connectivity index (χ3n) is 3.38. The third-order valence-corrected chi connectivity index (χ3v) is 3.81. The van der Waals surface area contributed by atoms with Gasteiger partial charge in [-0.2, -0.15) is 0 Å². The Labute approximate surface area is 138 Å². The third kappa shape index (κ3) is 4.25. The molecule has 1 aliphatic heterocycles. The lowest BCUT2D eigenvalue weighted by Crippen LogP contribution is -2.41. The number of ether oxygens (including phenoxy) is 1. The lowest BCUT2D eigenvalue weighted by atomic mass is 10.2. The van der Waals surface area contributed by atoms with Gasteiger partial charge in [0.2, 0.25) is 0 Å². The van der Waals surface area contributed by atoms with Crippen molar-refractivity contribution in [2.24, 2.45) is 7.05 Å². The number of hydrogen-bond donors (Lipinski definition) is 1. The van der Waals surface area contributed by atoms with E-state index >= 15 is 0 Å². The maximum absolute atomic E-state index is 12.2. The van der Waals surface area contributed by atoms with Gasteiger partial charge in [-0.25, -0.2) is 4.79 Å². The van der Waals surface area contributed by atoms with Gasteiger partial charge in [-0.3, -0.25) is 4.79 Å². The number of hydrogen-bond acceptors (Lipinski definition) is 4. The van der Waals surface area contributed by atoms with Gasteiger partial charge < -0.3 is 19.5 Å². The smallest absolute Gasteiger partial charge is 0.407 e. The van der Waals surface area contributed by atoms with Crippen LogP contribution in [0.3, 0.4) is 0 Å². The summed E-state index contributed by atoms with van der Waals surface area (Å²) in [7, 11) is 1.73. The summed E-state index contributed by atoms with van der Waals surface area (Å²) in [5.41, 5.74) is 0.0919. The summed E-state index contributed by atoms with van der Waals surface area (Å²) in [5, 5.41) is 2.86. The SMILES string of the molecule is Cn1cc(Br)cc(N2CC[C@H](NC(=O)OC(C)(C)C)C2)c1=O. The zero-order chi connectivity index (χ0) is 16.5. The lowest BCUT2D eigenvalue weighted by Gasteiger charge is -2.22. The minimum Gasteiger partial charge on any atom is -0.444 e. The summed E-state index contributed by atoms with van der Waals surface area (Å²) in [6, 6.07) is 1.80. The highest BCUT2D eigenvalue weighted by molar-refractivity contribution is 9.10. The minimum absolute atomic E-state index is 0.0152. The highest BCUT2D eigenvalue weighted by atomic mass is 79.9. The van der Waals surface area contributed by atoms with Gasteiger partial charge in [0.15, 0.2) is 0 Å². The number of halogens is 1. The molecule has 1 atom stereocenters. The Bertz CT molecular complexity index is 621. The van der Waals surface area contributed by atoms with Crippen LogP contribution in [0.4, 0.5) is 10.5 Å². The highest BCUT2D eigenvalue weighted by Crippen LogP contribution is 2.20. The molecule has 1 fully saturated rings. The van der Waals surface area contributed by atoms with Crippen LogP contribution < -0.4 is 15.8 Å². The number of amides is 1. The normalized spacial score (nSPS) is 18.4. The molecule has 6 nitrogen and oxygen atoms in total. The van der Waals surface area contributed by atoms with Gasteiger partial charge in [0, 0.05) is 30.8 Å². The van der Waals surface area contributed by atoms with Crippen molar-refractivity contribution >= 4 is 27.7 Å². The Hall–Kier alpha value is -1.50. The number of nitrogens with zero attached hydrogens (tertiary/aromatic N) is 2. The van der Waals surface area contributed by atoms with E-state index in [1.807, 2.05) is 31.7 Å². The minimum atomic E-state index is -0.511. The molecule has 0 spiro atoms. The molecule has 0 aliphatic carbocycles. The molecule has 0 unspecified atom stereocenters. The largest absolute Gasteiger partial charge is 0.444 e. The Morgan fingerprint density at radius 1 is 1.45 bits per heavy atom. The van der Waals surface area contributed by atoms with Crippen LogP contribution >= 0.6 is 15.9 Å². The molecule has 0 bridgehead atoms. The van der Waals surface area contributed by atoms with Crippen LogP contribution in [0.5, 0.6) is 0 Å². The molecule has 0 saturated carbocycles. The van der Waals surface area contributed by atoms with Crippen molar-refractivity contribution in [2.45, 2.75) is 38.8 Å². The van der Waals surface area contributed by atoms with Crippen LogP contribution in [0.25, 0.3) is 0 Å². The average molecular weight is 372 g/mol. The predicted molar refractivity (Wildman–Crippen MR) is 89.4 cm³/mol. The fraction of sp³-hybridized carbons (Fsp3) is 0.600. The fourth-order valence-electron chi connectivity index (χ4n) is 2.45. The molecule has 22 heavy (non-hydrogen) atoms. The quantitative estimate of drug-likeness (QED) is 0.865. The van der Waals surface area contributed by atoms with Crippen molar-refractivity contribution in [3.05, 3.63) is 27.1 Å². The first-order valence-corrected chi connectivity index (χ1v) is 8.05.